The third-order valence-electron chi connectivity index (χ3n) is 8.79. The van der Waals surface area contributed by atoms with Crippen molar-refractivity contribution in [3.05, 3.63) is 164 Å². The van der Waals surface area contributed by atoms with Crippen LogP contribution in [0.1, 0.15) is 0 Å². The molecule has 0 saturated carbocycles. The summed E-state index contributed by atoms with van der Waals surface area (Å²) in [6.45, 7) is 0. The molecule has 0 aliphatic heterocycles. The van der Waals surface area contributed by atoms with Gasteiger partial charge >= 0.3 is 0 Å². The van der Waals surface area contributed by atoms with Crippen LogP contribution in [0.4, 0.5) is 0 Å². The molecule has 0 amide bonds. The van der Waals surface area contributed by atoms with Gasteiger partial charge in [0, 0.05) is 33.2 Å². The number of para-hydroxylation sites is 2. The highest BCUT2D eigenvalue weighted by Gasteiger charge is 2.17. The summed E-state index contributed by atoms with van der Waals surface area (Å²) in [5.74, 6) is 0.728. The molecular weight excluding hydrogens is 546 g/mol. The van der Waals surface area contributed by atoms with E-state index in [2.05, 4.69) is 162 Å². The van der Waals surface area contributed by atoms with Crippen LogP contribution < -0.4 is 0 Å². The van der Waals surface area contributed by atoms with Crippen molar-refractivity contribution in [2.45, 2.75) is 0 Å². The lowest BCUT2D eigenvalue weighted by Gasteiger charge is -2.14. The Balaban J connectivity index is 1.25. The minimum Gasteiger partial charge on any atom is -0.309 e. The van der Waals surface area contributed by atoms with Crippen molar-refractivity contribution in [1.29, 1.82) is 0 Å². The van der Waals surface area contributed by atoms with Crippen molar-refractivity contribution in [3.8, 4) is 39.6 Å². The molecular formula is C42H27N3. The van der Waals surface area contributed by atoms with Crippen LogP contribution in [0.3, 0.4) is 0 Å². The molecule has 0 saturated heterocycles. The van der Waals surface area contributed by atoms with Gasteiger partial charge in [-0.15, -0.1) is 0 Å². The highest BCUT2D eigenvalue weighted by molar-refractivity contribution is 6.12. The smallest absolute Gasteiger partial charge is 0.161 e. The lowest BCUT2D eigenvalue weighted by atomic mass is 9.96. The average molecular weight is 574 g/mol. The van der Waals surface area contributed by atoms with Gasteiger partial charge in [0.15, 0.2) is 5.82 Å². The number of rotatable bonds is 4. The Morgan fingerprint density at radius 2 is 0.844 bits per heavy atom. The summed E-state index contributed by atoms with van der Waals surface area (Å²) in [6, 6.07) is 57.8. The molecule has 3 heteroatoms. The van der Waals surface area contributed by atoms with E-state index in [1.807, 2.05) is 6.07 Å². The van der Waals surface area contributed by atoms with E-state index in [4.69, 9.17) is 9.97 Å². The van der Waals surface area contributed by atoms with Crippen LogP contribution in [0.5, 0.6) is 0 Å². The Labute approximate surface area is 260 Å². The molecule has 2 heterocycles. The standard InChI is InChI=1S/C42H27N3/c1-2-12-28(13-3-1)37-27-38(44-42(43-37)41-33-16-6-4-14-30(33)26-31-15-5-7-17-34(31)41)29-22-24-32(25-23-29)45-39-20-10-8-18-35(39)36-19-9-11-21-40(36)45/h1-27H. The van der Waals surface area contributed by atoms with Gasteiger partial charge in [0.1, 0.15) is 0 Å². The van der Waals surface area contributed by atoms with Gasteiger partial charge in [-0.25, -0.2) is 9.97 Å². The fraction of sp³-hybridized carbons (Fsp3) is 0. The molecule has 45 heavy (non-hydrogen) atoms. The summed E-state index contributed by atoms with van der Waals surface area (Å²) in [5.41, 5.74) is 8.48. The van der Waals surface area contributed by atoms with Crippen molar-refractivity contribution in [1.82, 2.24) is 14.5 Å². The minimum absolute atomic E-state index is 0.728. The van der Waals surface area contributed by atoms with Gasteiger partial charge in [-0.1, -0.05) is 127 Å². The van der Waals surface area contributed by atoms with E-state index in [9.17, 15) is 0 Å². The van der Waals surface area contributed by atoms with Crippen LogP contribution in [0, 0.1) is 0 Å². The Morgan fingerprint density at radius 3 is 1.42 bits per heavy atom. The Hall–Kier alpha value is -6.06. The van der Waals surface area contributed by atoms with Crippen molar-refractivity contribution in [3.63, 3.8) is 0 Å². The molecule has 2 aromatic heterocycles. The van der Waals surface area contributed by atoms with Gasteiger partial charge in [0.25, 0.3) is 0 Å². The predicted molar refractivity (Wildman–Crippen MR) is 188 cm³/mol. The van der Waals surface area contributed by atoms with Crippen LogP contribution in [0.2, 0.25) is 0 Å². The van der Waals surface area contributed by atoms with Crippen molar-refractivity contribution in [2.24, 2.45) is 0 Å². The van der Waals surface area contributed by atoms with Crippen molar-refractivity contribution < 1.29 is 0 Å². The summed E-state index contributed by atoms with van der Waals surface area (Å²) in [5, 5.41) is 7.16. The summed E-state index contributed by atoms with van der Waals surface area (Å²) < 4.78 is 2.34. The molecule has 0 spiro atoms. The van der Waals surface area contributed by atoms with Gasteiger partial charge in [-0.05, 0) is 57.9 Å². The lowest BCUT2D eigenvalue weighted by Crippen LogP contribution is -1.98. The molecule has 0 unspecified atom stereocenters. The molecule has 7 aromatic carbocycles. The van der Waals surface area contributed by atoms with E-state index in [1.54, 1.807) is 0 Å². The SMILES string of the molecule is c1ccc(-c2cc(-c3ccc(-n4c5ccccc5c5ccccc54)cc3)nc(-c3c4ccccc4cc4ccccc34)n2)cc1. The Kier molecular flexibility index (Phi) is 5.82. The summed E-state index contributed by atoms with van der Waals surface area (Å²) in [7, 11) is 0. The first-order chi connectivity index (χ1) is 22.3. The molecule has 0 fully saturated rings. The van der Waals surface area contributed by atoms with E-state index in [-0.39, 0.29) is 0 Å². The van der Waals surface area contributed by atoms with Crippen molar-refractivity contribution >= 4 is 43.4 Å². The van der Waals surface area contributed by atoms with E-state index >= 15 is 0 Å². The van der Waals surface area contributed by atoms with Crippen LogP contribution in [0.15, 0.2) is 164 Å². The highest BCUT2D eigenvalue weighted by atomic mass is 15.0. The van der Waals surface area contributed by atoms with E-state index in [1.165, 1.54) is 32.6 Å². The first-order valence-electron chi connectivity index (χ1n) is 15.3. The lowest BCUT2D eigenvalue weighted by molar-refractivity contribution is 1.17. The molecule has 0 aliphatic rings. The third kappa shape index (κ3) is 4.21. The van der Waals surface area contributed by atoms with Gasteiger partial charge in [0.05, 0.1) is 22.4 Å². The second-order valence-electron chi connectivity index (χ2n) is 11.4. The Morgan fingerprint density at radius 1 is 0.378 bits per heavy atom. The first kappa shape index (κ1) is 25.4. The Bertz CT molecular complexity index is 2420. The predicted octanol–water partition coefficient (Wildman–Crippen LogP) is 10.9. The summed E-state index contributed by atoms with van der Waals surface area (Å²) >= 11 is 0. The number of nitrogens with zero attached hydrogens (tertiary/aromatic N) is 3. The van der Waals surface area contributed by atoms with E-state index in [0.717, 1.165) is 50.4 Å². The molecule has 0 bridgehead atoms. The minimum atomic E-state index is 0.728. The zero-order valence-electron chi connectivity index (χ0n) is 24.4. The van der Waals surface area contributed by atoms with Gasteiger partial charge in [-0.3, -0.25) is 0 Å². The van der Waals surface area contributed by atoms with Gasteiger partial charge in [0.2, 0.25) is 0 Å². The number of aromatic nitrogens is 3. The molecule has 210 valence electrons. The average Bonchev–Trinajstić information content (AvgIpc) is 3.45. The summed E-state index contributed by atoms with van der Waals surface area (Å²) in [4.78, 5) is 10.5. The summed E-state index contributed by atoms with van der Waals surface area (Å²) in [6.07, 6.45) is 0. The highest BCUT2D eigenvalue weighted by Crippen LogP contribution is 2.37. The third-order valence-corrected chi connectivity index (χ3v) is 8.79. The normalized spacial score (nSPS) is 11.6. The molecule has 3 nitrogen and oxygen atoms in total. The number of hydrogen-bond acceptors (Lipinski definition) is 2. The fourth-order valence-electron chi connectivity index (χ4n) is 6.70. The molecule has 0 N–H and O–H groups in total. The van der Waals surface area contributed by atoms with E-state index in [0.29, 0.717) is 0 Å². The van der Waals surface area contributed by atoms with Crippen LogP contribution >= 0.6 is 0 Å². The first-order valence-corrected chi connectivity index (χ1v) is 15.3. The fourth-order valence-corrected chi connectivity index (χ4v) is 6.70. The zero-order valence-corrected chi connectivity index (χ0v) is 24.4. The zero-order chi connectivity index (χ0) is 29.7. The van der Waals surface area contributed by atoms with Crippen LogP contribution in [-0.2, 0) is 0 Å². The quantitative estimate of drug-likeness (QED) is 0.196. The largest absolute Gasteiger partial charge is 0.309 e. The number of fused-ring (bicyclic) bond motifs is 5. The molecule has 9 aromatic rings. The van der Waals surface area contributed by atoms with E-state index < -0.39 is 0 Å². The van der Waals surface area contributed by atoms with Gasteiger partial charge in [-0.2, -0.15) is 0 Å². The molecule has 9 rings (SSSR count). The maximum atomic E-state index is 5.27. The van der Waals surface area contributed by atoms with Crippen LogP contribution in [0.25, 0.3) is 82.9 Å². The van der Waals surface area contributed by atoms with Crippen molar-refractivity contribution in [2.75, 3.05) is 0 Å². The topological polar surface area (TPSA) is 30.7 Å². The molecule has 0 atom stereocenters. The number of hydrogen-bond donors (Lipinski definition) is 0. The maximum Gasteiger partial charge on any atom is 0.161 e. The monoisotopic (exact) mass is 573 g/mol. The van der Waals surface area contributed by atoms with Crippen LogP contribution in [-0.4, -0.2) is 14.5 Å². The molecule has 0 radical (unpaired) electrons. The van der Waals surface area contributed by atoms with Gasteiger partial charge < -0.3 is 4.57 Å². The second-order valence-corrected chi connectivity index (χ2v) is 11.4. The number of benzene rings is 7. The second kappa shape index (κ2) is 10.3. The molecule has 0 aliphatic carbocycles. The maximum absolute atomic E-state index is 5.27.